The second kappa shape index (κ2) is 5.81. The lowest BCUT2D eigenvalue weighted by atomic mass is 10.2. The summed E-state index contributed by atoms with van der Waals surface area (Å²) >= 11 is 0. The lowest BCUT2D eigenvalue weighted by Crippen LogP contribution is -1.89. The van der Waals surface area contributed by atoms with E-state index in [0.29, 0.717) is 5.92 Å². The van der Waals surface area contributed by atoms with Crippen LogP contribution in [0, 0.1) is 0 Å². The Morgan fingerprint density at radius 3 is 2.25 bits per heavy atom. The molecule has 1 heterocycles. The van der Waals surface area contributed by atoms with Crippen molar-refractivity contribution in [3.63, 3.8) is 0 Å². The normalized spacial score (nSPS) is 9.50. The summed E-state index contributed by atoms with van der Waals surface area (Å²) in [5.41, 5.74) is 1.23. The summed E-state index contributed by atoms with van der Waals surface area (Å²) in [5.74, 6) is 1.61. The molecule has 0 aliphatic heterocycles. The fourth-order valence-electron chi connectivity index (χ4n) is 0.850. The van der Waals surface area contributed by atoms with Gasteiger partial charge in [0, 0.05) is 17.8 Å². The summed E-state index contributed by atoms with van der Waals surface area (Å²) in [6.07, 6.45) is 2.95. The topological polar surface area (TPSA) is 28.7 Å². The Morgan fingerprint density at radius 2 is 2.00 bits per heavy atom. The van der Waals surface area contributed by atoms with Crippen LogP contribution in [0.1, 0.15) is 52.1 Å². The van der Waals surface area contributed by atoms with Crippen LogP contribution >= 0.6 is 0 Å². The van der Waals surface area contributed by atoms with E-state index in [4.69, 9.17) is 0 Å². The summed E-state index contributed by atoms with van der Waals surface area (Å²) in [6, 6.07) is 0. The van der Waals surface area contributed by atoms with E-state index in [-0.39, 0.29) is 0 Å². The first-order valence-corrected chi connectivity index (χ1v) is 4.77. The Labute approximate surface area is 75.4 Å². The first kappa shape index (κ1) is 11.2. The number of aromatic nitrogens is 2. The minimum Gasteiger partial charge on any atom is -0.346 e. The van der Waals surface area contributed by atoms with Gasteiger partial charge in [0.25, 0.3) is 0 Å². The van der Waals surface area contributed by atoms with Crippen LogP contribution in [0.25, 0.3) is 0 Å². The molecule has 0 bridgehead atoms. The number of hydrogen-bond donors (Lipinski definition) is 1. The van der Waals surface area contributed by atoms with Crippen molar-refractivity contribution in [2.75, 3.05) is 0 Å². The Balaban J connectivity index is 0.000000561. The lowest BCUT2D eigenvalue weighted by Gasteiger charge is -1.96. The van der Waals surface area contributed by atoms with Crippen LogP contribution in [0.3, 0.4) is 0 Å². The Kier molecular flexibility index (Phi) is 5.43. The molecule has 0 spiro atoms. The van der Waals surface area contributed by atoms with E-state index in [9.17, 15) is 0 Å². The smallest absolute Gasteiger partial charge is 0.108 e. The van der Waals surface area contributed by atoms with Gasteiger partial charge in [0.05, 0.1) is 0 Å². The zero-order valence-corrected chi connectivity index (χ0v) is 8.81. The third-order valence-corrected chi connectivity index (χ3v) is 1.58. The molecule has 70 valence electrons. The number of aryl methyl sites for hydroxylation is 1. The number of nitrogens with one attached hydrogen (secondary N) is 1. The van der Waals surface area contributed by atoms with E-state index in [1.165, 1.54) is 5.69 Å². The van der Waals surface area contributed by atoms with Crippen LogP contribution in [0.5, 0.6) is 0 Å². The van der Waals surface area contributed by atoms with Crippen LogP contribution in [0.4, 0.5) is 0 Å². The highest BCUT2D eigenvalue weighted by molar-refractivity contribution is 5.03. The van der Waals surface area contributed by atoms with Gasteiger partial charge in [-0.15, -0.1) is 0 Å². The summed E-state index contributed by atoms with van der Waals surface area (Å²) < 4.78 is 0. The molecule has 0 atom stereocenters. The molecule has 0 fully saturated rings. The maximum absolute atomic E-state index is 4.23. The maximum Gasteiger partial charge on any atom is 0.108 e. The van der Waals surface area contributed by atoms with Crippen molar-refractivity contribution in [3.8, 4) is 0 Å². The molecule has 0 saturated carbocycles. The summed E-state index contributed by atoms with van der Waals surface area (Å²) in [4.78, 5) is 7.48. The highest BCUT2D eigenvalue weighted by Gasteiger charge is 2.01. The van der Waals surface area contributed by atoms with E-state index < -0.39 is 0 Å². The molecule has 2 heteroatoms. The van der Waals surface area contributed by atoms with Gasteiger partial charge in [-0.25, -0.2) is 4.98 Å². The highest BCUT2D eigenvalue weighted by atomic mass is 14.9. The molecule has 0 amide bonds. The molecular weight excluding hydrogens is 148 g/mol. The van der Waals surface area contributed by atoms with Crippen molar-refractivity contribution in [2.45, 2.75) is 47.0 Å². The highest BCUT2D eigenvalue weighted by Crippen LogP contribution is 2.09. The monoisotopic (exact) mass is 168 g/mol. The van der Waals surface area contributed by atoms with Gasteiger partial charge in [-0.05, 0) is 6.42 Å². The Bertz CT molecular complexity index is 201. The first-order valence-electron chi connectivity index (χ1n) is 4.77. The lowest BCUT2D eigenvalue weighted by molar-refractivity contribution is 0.789. The molecule has 1 N–H and O–H groups in total. The Hall–Kier alpha value is -0.790. The molecule has 1 aromatic heterocycles. The maximum atomic E-state index is 4.23. The predicted octanol–water partition coefficient (Wildman–Crippen LogP) is 3.12. The molecule has 0 radical (unpaired) electrons. The number of H-pyrrole nitrogens is 1. The second-order valence-corrected chi connectivity index (χ2v) is 2.80. The summed E-state index contributed by atoms with van der Waals surface area (Å²) in [5, 5.41) is 0. The molecule has 0 saturated heterocycles. The average Bonchev–Trinajstić information content (AvgIpc) is 2.55. The quantitative estimate of drug-likeness (QED) is 0.722. The summed E-state index contributed by atoms with van der Waals surface area (Å²) in [6.45, 7) is 10.4. The van der Waals surface area contributed by atoms with Gasteiger partial charge < -0.3 is 4.98 Å². The number of nitrogens with zero attached hydrogens (tertiary/aromatic N) is 1. The molecule has 2 nitrogen and oxygen atoms in total. The fraction of sp³-hybridized carbons (Fsp3) is 0.700. The van der Waals surface area contributed by atoms with Crippen LogP contribution in [0.15, 0.2) is 6.20 Å². The third-order valence-electron chi connectivity index (χ3n) is 1.58. The fourth-order valence-corrected chi connectivity index (χ4v) is 0.850. The molecular formula is C10H20N2. The Morgan fingerprint density at radius 1 is 1.42 bits per heavy atom. The zero-order chi connectivity index (χ0) is 9.56. The van der Waals surface area contributed by atoms with Gasteiger partial charge in [0.15, 0.2) is 0 Å². The van der Waals surface area contributed by atoms with Gasteiger partial charge >= 0.3 is 0 Å². The molecule has 1 aromatic rings. The standard InChI is InChI=1S/C8H14N2.C2H6/c1-4-7-5-9-8(10-7)6(2)3;1-2/h5-6H,4H2,1-3H3,(H,9,10);1-2H3. The van der Waals surface area contributed by atoms with Crippen molar-refractivity contribution >= 4 is 0 Å². The number of rotatable bonds is 2. The van der Waals surface area contributed by atoms with E-state index >= 15 is 0 Å². The third kappa shape index (κ3) is 3.07. The largest absolute Gasteiger partial charge is 0.346 e. The van der Waals surface area contributed by atoms with Gasteiger partial charge in [0.1, 0.15) is 5.82 Å². The van der Waals surface area contributed by atoms with Crippen molar-refractivity contribution in [1.29, 1.82) is 0 Å². The van der Waals surface area contributed by atoms with Crippen molar-refractivity contribution in [3.05, 3.63) is 17.7 Å². The van der Waals surface area contributed by atoms with Gasteiger partial charge in [0.2, 0.25) is 0 Å². The minimum absolute atomic E-state index is 0.514. The van der Waals surface area contributed by atoms with Crippen LogP contribution in [-0.2, 0) is 6.42 Å². The number of aromatic amines is 1. The van der Waals surface area contributed by atoms with E-state index in [2.05, 4.69) is 30.7 Å². The zero-order valence-electron chi connectivity index (χ0n) is 8.81. The van der Waals surface area contributed by atoms with Gasteiger partial charge in [-0.3, -0.25) is 0 Å². The molecule has 0 aromatic carbocycles. The van der Waals surface area contributed by atoms with E-state index in [1.807, 2.05) is 20.0 Å². The summed E-state index contributed by atoms with van der Waals surface area (Å²) in [7, 11) is 0. The molecule has 1 rings (SSSR count). The molecule has 0 aliphatic rings. The van der Waals surface area contributed by atoms with Crippen molar-refractivity contribution in [1.82, 2.24) is 9.97 Å². The molecule has 12 heavy (non-hydrogen) atoms. The molecule has 0 aliphatic carbocycles. The number of imidazole rings is 1. The van der Waals surface area contributed by atoms with Crippen LogP contribution < -0.4 is 0 Å². The van der Waals surface area contributed by atoms with Gasteiger partial charge in [-0.2, -0.15) is 0 Å². The van der Waals surface area contributed by atoms with E-state index in [1.54, 1.807) is 0 Å². The minimum atomic E-state index is 0.514. The van der Waals surface area contributed by atoms with Crippen LogP contribution in [0.2, 0.25) is 0 Å². The second-order valence-electron chi connectivity index (χ2n) is 2.80. The van der Waals surface area contributed by atoms with Crippen molar-refractivity contribution in [2.24, 2.45) is 0 Å². The molecule has 0 unspecified atom stereocenters. The SMILES string of the molecule is CC.CCc1cnc(C(C)C)[nH]1. The van der Waals surface area contributed by atoms with Crippen molar-refractivity contribution < 1.29 is 0 Å². The predicted molar refractivity (Wildman–Crippen MR) is 53.4 cm³/mol. The van der Waals surface area contributed by atoms with E-state index in [0.717, 1.165) is 12.2 Å². The first-order chi connectivity index (χ1) is 5.74. The van der Waals surface area contributed by atoms with Gasteiger partial charge in [-0.1, -0.05) is 34.6 Å². The average molecular weight is 168 g/mol. The number of hydrogen-bond acceptors (Lipinski definition) is 1. The van der Waals surface area contributed by atoms with Crippen LogP contribution in [-0.4, -0.2) is 9.97 Å².